The van der Waals surface area contributed by atoms with E-state index < -0.39 is 5.97 Å². The average molecular weight is 275 g/mol. The third kappa shape index (κ3) is 3.38. The summed E-state index contributed by atoms with van der Waals surface area (Å²) in [6.45, 7) is 4.21. The summed E-state index contributed by atoms with van der Waals surface area (Å²) in [5.41, 5.74) is 1.97. The summed E-state index contributed by atoms with van der Waals surface area (Å²) in [5.74, 6) is -0.988. The molecule has 0 saturated heterocycles. The first-order chi connectivity index (χ1) is 9.47. The monoisotopic (exact) mass is 275 g/mol. The van der Waals surface area contributed by atoms with Gasteiger partial charge in [-0.3, -0.25) is 9.59 Å². The number of hydrogen-bond acceptors (Lipinski definition) is 2. The zero-order chi connectivity index (χ0) is 14.7. The molecular formula is C16H21NO3. The van der Waals surface area contributed by atoms with Gasteiger partial charge in [-0.25, -0.2) is 0 Å². The van der Waals surface area contributed by atoms with Gasteiger partial charge in [-0.15, -0.1) is 0 Å². The molecule has 0 aromatic heterocycles. The van der Waals surface area contributed by atoms with Crippen LogP contribution in [0, 0.1) is 11.8 Å². The number of benzene rings is 1. The highest BCUT2D eigenvalue weighted by Gasteiger charge is 2.33. The number of carboxylic acid groups (broad SMARTS) is 1. The molecule has 4 heteroatoms. The summed E-state index contributed by atoms with van der Waals surface area (Å²) in [5, 5.41) is 11.9. The number of anilines is 1. The summed E-state index contributed by atoms with van der Waals surface area (Å²) in [7, 11) is 0. The Kier molecular flexibility index (Phi) is 4.42. The summed E-state index contributed by atoms with van der Waals surface area (Å²) < 4.78 is 0. The fourth-order valence-corrected chi connectivity index (χ4v) is 2.66. The molecule has 1 fully saturated rings. The Hall–Kier alpha value is -1.84. The number of rotatable bonds is 4. The van der Waals surface area contributed by atoms with Gasteiger partial charge < -0.3 is 10.4 Å². The van der Waals surface area contributed by atoms with Gasteiger partial charge in [0.1, 0.15) is 0 Å². The lowest BCUT2D eigenvalue weighted by Crippen LogP contribution is -2.21. The van der Waals surface area contributed by atoms with E-state index in [0.717, 1.165) is 5.69 Å². The van der Waals surface area contributed by atoms with E-state index in [4.69, 9.17) is 5.11 Å². The molecule has 0 unspecified atom stereocenters. The van der Waals surface area contributed by atoms with Gasteiger partial charge in [0.2, 0.25) is 5.91 Å². The number of carbonyl (C=O) groups excluding carboxylic acids is 1. The highest BCUT2D eigenvalue weighted by atomic mass is 16.4. The molecule has 1 aliphatic rings. The zero-order valence-electron chi connectivity index (χ0n) is 11.9. The first kappa shape index (κ1) is 14.6. The Labute approximate surface area is 119 Å². The minimum absolute atomic E-state index is 0.0605. The third-order valence-electron chi connectivity index (χ3n) is 3.97. The molecule has 2 N–H and O–H groups in total. The lowest BCUT2D eigenvalue weighted by atomic mass is 10.0. The molecule has 2 atom stereocenters. The van der Waals surface area contributed by atoms with Crippen LogP contribution >= 0.6 is 0 Å². The van der Waals surface area contributed by atoms with Crippen molar-refractivity contribution in [1.29, 1.82) is 0 Å². The molecule has 1 aromatic carbocycles. The lowest BCUT2D eigenvalue weighted by Gasteiger charge is -2.13. The van der Waals surface area contributed by atoms with E-state index in [-0.39, 0.29) is 17.7 Å². The van der Waals surface area contributed by atoms with Crippen molar-refractivity contribution in [3.63, 3.8) is 0 Å². The van der Waals surface area contributed by atoms with Crippen LogP contribution in [0.25, 0.3) is 0 Å². The Balaban J connectivity index is 1.98. The number of nitrogens with one attached hydrogen (secondary N) is 1. The highest BCUT2D eigenvalue weighted by molar-refractivity contribution is 5.93. The maximum atomic E-state index is 12.2. The number of amides is 1. The van der Waals surface area contributed by atoms with Gasteiger partial charge in [0.15, 0.2) is 0 Å². The van der Waals surface area contributed by atoms with Crippen LogP contribution in [-0.4, -0.2) is 17.0 Å². The van der Waals surface area contributed by atoms with Crippen LogP contribution in [0.5, 0.6) is 0 Å². The molecule has 0 radical (unpaired) electrons. The predicted octanol–water partition coefficient (Wildman–Crippen LogP) is 3.25. The maximum absolute atomic E-state index is 12.2. The third-order valence-corrected chi connectivity index (χ3v) is 3.97. The van der Waals surface area contributed by atoms with Crippen molar-refractivity contribution < 1.29 is 14.7 Å². The summed E-state index contributed by atoms with van der Waals surface area (Å²) >= 11 is 0. The fourth-order valence-electron chi connectivity index (χ4n) is 2.66. The molecule has 2 rings (SSSR count). The molecule has 108 valence electrons. The van der Waals surface area contributed by atoms with Crippen LogP contribution < -0.4 is 5.32 Å². The average Bonchev–Trinajstić information content (AvgIpc) is 2.88. The highest BCUT2D eigenvalue weighted by Crippen LogP contribution is 2.32. The lowest BCUT2D eigenvalue weighted by molar-refractivity contribution is -0.141. The normalized spacial score (nSPS) is 21.9. The number of hydrogen-bond donors (Lipinski definition) is 2. The number of carbonyl (C=O) groups is 2. The Morgan fingerprint density at radius 1 is 1.25 bits per heavy atom. The number of carboxylic acids is 1. The van der Waals surface area contributed by atoms with Crippen molar-refractivity contribution in [2.75, 3.05) is 5.32 Å². The quantitative estimate of drug-likeness (QED) is 0.886. The molecule has 1 aliphatic carbocycles. The van der Waals surface area contributed by atoms with Crippen LogP contribution in [0.2, 0.25) is 0 Å². The summed E-state index contributed by atoms with van der Waals surface area (Å²) in [6.07, 6.45) is 1.71. The van der Waals surface area contributed by atoms with Gasteiger partial charge in [0, 0.05) is 11.6 Å². The molecule has 1 amide bonds. The Bertz CT molecular complexity index is 510. The molecular weight excluding hydrogens is 254 g/mol. The van der Waals surface area contributed by atoms with E-state index in [1.54, 1.807) is 0 Å². The standard InChI is InChI=1S/C16H21NO3/c1-10(2)11-4-3-5-14(9-11)17-15(18)12-6-7-13(8-12)16(19)20/h3-5,9-10,12-13H,6-8H2,1-2H3,(H,17,18)(H,19,20)/t12-,13+/m1/s1. The first-order valence-corrected chi connectivity index (χ1v) is 7.11. The van der Waals surface area contributed by atoms with Crippen LogP contribution in [0.15, 0.2) is 24.3 Å². The largest absolute Gasteiger partial charge is 0.481 e. The smallest absolute Gasteiger partial charge is 0.306 e. The van der Waals surface area contributed by atoms with Crippen molar-refractivity contribution in [3.8, 4) is 0 Å². The molecule has 0 heterocycles. The first-order valence-electron chi connectivity index (χ1n) is 7.11. The maximum Gasteiger partial charge on any atom is 0.306 e. The van der Waals surface area contributed by atoms with Gasteiger partial charge >= 0.3 is 5.97 Å². The Morgan fingerprint density at radius 2 is 1.95 bits per heavy atom. The molecule has 20 heavy (non-hydrogen) atoms. The van der Waals surface area contributed by atoms with E-state index in [0.29, 0.717) is 25.2 Å². The van der Waals surface area contributed by atoms with Gasteiger partial charge in [-0.05, 0) is 42.9 Å². The second-order valence-corrected chi connectivity index (χ2v) is 5.81. The molecule has 0 spiro atoms. The van der Waals surface area contributed by atoms with Gasteiger partial charge in [-0.2, -0.15) is 0 Å². The topological polar surface area (TPSA) is 66.4 Å². The molecule has 1 aromatic rings. The minimum atomic E-state index is -0.790. The van der Waals surface area contributed by atoms with Crippen molar-refractivity contribution in [2.24, 2.45) is 11.8 Å². The van der Waals surface area contributed by atoms with Gasteiger partial charge in [0.25, 0.3) is 0 Å². The zero-order valence-corrected chi connectivity index (χ0v) is 11.9. The van der Waals surface area contributed by atoms with E-state index in [1.807, 2.05) is 24.3 Å². The van der Waals surface area contributed by atoms with E-state index in [1.165, 1.54) is 5.56 Å². The van der Waals surface area contributed by atoms with E-state index in [2.05, 4.69) is 19.2 Å². The molecule has 4 nitrogen and oxygen atoms in total. The van der Waals surface area contributed by atoms with Crippen molar-refractivity contribution in [3.05, 3.63) is 29.8 Å². The molecule has 0 aliphatic heterocycles. The Morgan fingerprint density at radius 3 is 2.55 bits per heavy atom. The fraction of sp³-hybridized carbons (Fsp3) is 0.500. The SMILES string of the molecule is CC(C)c1cccc(NC(=O)[C@@H]2CC[C@H](C(=O)O)C2)c1. The van der Waals surface area contributed by atoms with Crippen molar-refractivity contribution in [1.82, 2.24) is 0 Å². The van der Waals surface area contributed by atoms with Crippen LogP contribution in [0.3, 0.4) is 0 Å². The van der Waals surface area contributed by atoms with Crippen LogP contribution in [0.4, 0.5) is 5.69 Å². The van der Waals surface area contributed by atoms with Crippen LogP contribution in [0.1, 0.15) is 44.6 Å². The second kappa shape index (κ2) is 6.07. The summed E-state index contributed by atoms with van der Waals surface area (Å²) in [6, 6.07) is 7.82. The summed E-state index contributed by atoms with van der Waals surface area (Å²) in [4.78, 5) is 23.1. The predicted molar refractivity (Wildman–Crippen MR) is 77.6 cm³/mol. The number of aliphatic carboxylic acids is 1. The van der Waals surface area contributed by atoms with E-state index >= 15 is 0 Å². The molecule has 1 saturated carbocycles. The van der Waals surface area contributed by atoms with Gasteiger partial charge in [0.05, 0.1) is 5.92 Å². The van der Waals surface area contributed by atoms with Crippen LogP contribution in [-0.2, 0) is 9.59 Å². The molecule has 0 bridgehead atoms. The van der Waals surface area contributed by atoms with E-state index in [9.17, 15) is 9.59 Å². The second-order valence-electron chi connectivity index (χ2n) is 5.81. The minimum Gasteiger partial charge on any atom is -0.481 e. The van der Waals surface area contributed by atoms with Gasteiger partial charge in [-0.1, -0.05) is 26.0 Å². The van der Waals surface area contributed by atoms with Crippen molar-refractivity contribution in [2.45, 2.75) is 39.0 Å². The van der Waals surface area contributed by atoms with Crippen molar-refractivity contribution >= 4 is 17.6 Å².